The van der Waals surface area contributed by atoms with Crippen LogP contribution in [0.15, 0.2) is 11.6 Å². The van der Waals surface area contributed by atoms with Gasteiger partial charge >= 0.3 is 0 Å². The van der Waals surface area contributed by atoms with Gasteiger partial charge in [0.2, 0.25) is 0 Å². The van der Waals surface area contributed by atoms with Crippen LogP contribution in [0.25, 0.3) is 0 Å². The van der Waals surface area contributed by atoms with Crippen LogP contribution < -0.4 is 0 Å². The Morgan fingerprint density at radius 2 is 2.24 bits per heavy atom. The maximum absolute atomic E-state index is 12.7. The molecule has 4 rings (SSSR count). The molecular formula is C18H28N4O2S. The molecule has 0 N–H and O–H groups in total. The average Bonchev–Trinajstić information content (AvgIpc) is 3.06. The van der Waals surface area contributed by atoms with Crippen molar-refractivity contribution >= 4 is 17.2 Å². The fourth-order valence-electron chi connectivity index (χ4n) is 4.44. The third-order valence-electron chi connectivity index (χ3n) is 6.16. The highest BCUT2D eigenvalue weighted by molar-refractivity contribution is 7.09. The Hall–Kier alpha value is -1.02. The molecule has 7 heteroatoms. The molecule has 1 saturated carbocycles. The predicted octanol–water partition coefficient (Wildman–Crippen LogP) is 1.29. The van der Waals surface area contributed by atoms with Crippen molar-refractivity contribution in [1.82, 2.24) is 19.7 Å². The first-order valence-electron chi connectivity index (χ1n) is 9.25. The van der Waals surface area contributed by atoms with Crippen LogP contribution in [-0.2, 0) is 16.1 Å². The van der Waals surface area contributed by atoms with E-state index in [0.717, 1.165) is 45.6 Å². The molecule has 3 heterocycles. The molecule has 25 heavy (non-hydrogen) atoms. The lowest BCUT2D eigenvalue weighted by molar-refractivity contribution is -0.150. The van der Waals surface area contributed by atoms with Crippen molar-refractivity contribution in [1.29, 1.82) is 0 Å². The number of ether oxygens (including phenoxy) is 1. The van der Waals surface area contributed by atoms with Gasteiger partial charge in [-0.25, -0.2) is 4.98 Å². The number of nitrogens with zero attached hydrogens (tertiary/aromatic N) is 4. The van der Waals surface area contributed by atoms with Crippen molar-refractivity contribution in [2.45, 2.75) is 38.0 Å². The summed E-state index contributed by atoms with van der Waals surface area (Å²) >= 11 is 1.73. The Balaban J connectivity index is 1.28. The van der Waals surface area contributed by atoms with Gasteiger partial charge in [0.05, 0.1) is 13.2 Å². The number of hydrogen-bond donors (Lipinski definition) is 0. The van der Waals surface area contributed by atoms with Gasteiger partial charge in [0.15, 0.2) is 0 Å². The number of piperidine rings is 1. The van der Waals surface area contributed by atoms with Crippen LogP contribution >= 0.6 is 11.3 Å². The van der Waals surface area contributed by atoms with E-state index in [-0.39, 0.29) is 12.0 Å². The Kier molecular flexibility index (Phi) is 4.83. The normalized spacial score (nSPS) is 29.3. The molecule has 2 atom stereocenters. The number of amides is 1. The summed E-state index contributed by atoms with van der Waals surface area (Å²) in [4.78, 5) is 23.8. The number of carbonyl (C=O) groups excluding carboxylic acids is 1. The number of thiazole rings is 1. The number of likely N-dealkylation sites (tertiary alicyclic amines) is 1. The number of carbonyl (C=O) groups is 1. The lowest BCUT2D eigenvalue weighted by atomic mass is 9.92. The van der Waals surface area contributed by atoms with E-state index in [0.29, 0.717) is 18.1 Å². The summed E-state index contributed by atoms with van der Waals surface area (Å²) in [7, 11) is 4.27. The van der Waals surface area contributed by atoms with E-state index < -0.39 is 0 Å². The summed E-state index contributed by atoms with van der Waals surface area (Å²) in [5, 5.41) is 3.23. The molecule has 0 radical (unpaired) electrons. The zero-order valence-electron chi connectivity index (χ0n) is 15.2. The van der Waals surface area contributed by atoms with Crippen LogP contribution in [0.2, 0.25) is 0 Å². The summed E-state index contributed by atoms with van der Waals surface area (Å²) in [5.41, 5.74) is 0.424. The highest BCUT2D eigenvalue weighted by Gasteiger charge is 2.57. The van der Waals surface area contributed by atoms with E-state index in [1.165, 1.54) is 11.4 Å². The first kappa shape index (κ1) is 17.4. The summed E-state index contributed by atoms with van der Waals surface area (Å²) in [6.45, 7) is 5.00. The molecule has 1 amide bonds. The fourth-order valence-corrected chi connectivity index (χ4v) is 5.12. The van der Waals surface area contributed by atoms with Crippen molar-refractivity contribution in [2.24, 2.45) is 5.41 Å². The second-order valence-corrected chi connectivity index (χ2v) is 8.85. The van der Waals surface area contributed by atoms with Crippen molar-refractivity contribution in [3.63, 3.8) is 0 Å². The molecule has 1 spiro atoms. The highest BCUT2D eigenvalue weighted by Crippen LogP contribution is 2.56. The van der Waals surface area contributed by atoms with E-state index >= 15 is 0 Å². The van der Waals surface area contributed by atoms with E-state index in [4.69, 9.17) is 4.74 Å². The molecule has 6 nitrogen and oxygen atoms in total. The number of likely N-dealkylation sites (N-methyl/N-ethyl adjacent to an activating group) is 1. The Morgan fingerprint density at radius 3 is 2.92 bits per heavy atom. The number of hydrogen-bond acceptors (Lipinski definition) is 6. The van der Waals surface area contributed by atoms with Crippen molar-refractivity contribution in [3.8, 4) is 0 Å². The van der Waals surface area contributed by atoms with Gasteiger partial charge in [0.25, 0.3) is 5.91 Å². The van der Waals surface area contributed by atoms with E-state index in [9.17, 15) is 4.79 Å². The highest BCUT2D eigenvalue weighted by atomic mass is 32.1. The molecule has 0 aromatic carbocycles. The van der Waals surface area contributed by atoms with Crippen LogP contribution in [0.1, 0.15) is 24.3 Å². The molecular weight excluding hydrogens is 336 g/mol. The molecule has 1 aromatic rings. The van der Waals surface area contributed by atoms with Crippen LogP contribution in [0.5, 0.6) is 0 Å². The standard InChI is InChI=1S/C18H28N4O2S/c1-20-8-9-24-14(12-20)17(23)22-6-3-18(4-7-22)11-15(18)21(2)13-16-19-5-10-25-16/h5,10,14-15H,3-4,6-9,11-13H2,1-2H3. The monoisotopic (exact) mass is 364 g/mol. The van der Waals surface area contributed by atoms with Crippen LogP contribution in [0.4, 0.5) is 0 Å². The third kappa shape index (κ3) is 3.60. The van der Waals surface area contributed by atoms with Crippen LogP contribution in [-0.4, -0.2) is 84.6 Å². The maximum Gasteiger partial charge on any atom is 0.253 e. The summed E-state index contributed by atoms with van der Waals surface area (Å²) < 4.78 is 5.70. The number of morpholine rings is 1. The smallest absolute Gasteiger partial charge is 0.253 e. The topological polar surface area (TPSA) is 48.9 Å². The molecule has 138 valence electrons. The van der Waals surface area contributed by atoms with Gasteiger partial charge in [0, 0.05) is 43.8 Å². The molecule has 0 bridgehead atoms. The lowest BCUT2D eigenvalue weighted by Crippen LogP contribution is -2.52. The van der Waals surface area contributed by atoms with Gasteiger partial charge in [-0.15, -0.1) is 11.3 Å². The van der Waals surface area contributed by atoms with Gasteiger partial charge < -0.3 is 14.5 Å². The molecule has 2 saturated heterocycles. The second-order valence-electron chi connectivity index (χ2n) is 7.87. The van der Waals surface area contributed by atoms with Gasteiger partial charge in [-0.1, -0.05) is 0 Å². The van der Waals surface area contributed by atoms with Gasteiger partial charge in [0.1, 0.15) is 11.1 Å². The molecule has 1 aromatic heterocycles. The molecule has 2 aliphatic heterocycles. The number of aromatic nitrogens is 1. The zero-order chi connectivity index (χ0) is 17.4. The second kappa shape index (κ2) is 6.95. The molecule has 2 unspecified atom stereocenters. The first-order chi connectivity index (χ1) is 12.1. The van der Waals surface area contributed by atoms with E-state index in [2.05, 4.69) is 28.9 Å². The molecule has 3 aliphatic rings. The van der Waals surface area contributed by atoms with E-state index in [1.807, 2.05) is 16.5 Å². The predicted molar refractivity (Wildman–Crippen MR) is 97.5 cm³/mol. The maximum atomic E-state index is 12.7. The summed E-state index contributed by atoms with van der Waals surface area (Å²) in [6.07, 6.45) is 5.11. The van der Waals surface area contributed by atoms with Gasteiger partial charge in [-0.2, -0.15) is 0 Å². The number of rotatable bonds is 4. The van der Waals surface area contributed by atoms with Crippen molar-refractivity contribution < 1.29 is 9.53 Å². The van der Waals surface area contributed by atoms with E-state index in [1.54, 1.807) is 11.3 Å². The van der Waals surface area contributed by atoms with Gasteiger partial charge in [-0.3, -0.25) is 9.69 Å². The first-order valence-corrected chi connectivity index (χ1v) is 10.1. The Bertz CT molecular complexity index is 600. The Labute approximate surface area is 153 Å². The SMILES string of the molecule is CN1CCOC(C(=O)N2CCC3(CC2)CC3N(C)Cc2nccs2)C1. The minimum Gasteiger partial charge on any atom is -0.366 e. The Morgan fingerprint density at radius 1 is 1.44 bits per heavy atom. The van der Waals surface area contributed by atoms with Crippen LogP contribution in [0, 0.1) is 5.41 Å². The third-order valence-corrected chi connectivity index (χ3v) is 6.93. The minimum absolute atomic E-state index is 0.190. The average molecular weight is 365 g/mol. The minimum atomic E-state index is -0.268. The van der Waals surface area contributed by atoms with Crippen molar-refractivity contribution in [3.05, 3.63) is 16.6 Å². The lowest BCUT2D eigenvalue weighted by Gasteiger charge is -2.37. The summed E-state index contributed by atoms with van der Waals surface area (Å²) in [5.74, 6) is 0.190. The van der Waals surface area contributed by atoms with Gasteiger partial charge in [-0.05, 0) is 38.8 Å². The zero-order valence-corrected chi connectivity index (χ0v) is 16.0. The largest absolute Gasteiger partial charge is 0.366 e. The van der Waals surface area contributed by atoms with Crippen LogP contribution in [0.3, 0.4) is 0 Å². The molecule has 3 fully saturated rings. The fraction of sp³-hybridized carbons (Fsp3) is 0.778. The molecule has 1 aliphatic carbocycles. The quantitative estimate of drug-likeness (QED) is 0.806. The van der Waals surface area contributed by atoms with Crippen molar-refractivity contribution in [2.75, 3.05) is 46.9 Å². The summed E-state index contributed by atoms with van der Waals surface area (Å²) in [6, 6.07) is 0.644.